The molecule has 1 atom stereocenters. The van der Waals surface area contributed by atoms with Crippen molar-refractivity contribution >= 4 is 6.21 Å². The zero-order valence-corrected chi connectivity index (χ0v) is 7.68. The van der Waals surface area contributed by atoms with Crippen LogP contribution in [0.1, 0.15) is 0 Å². The van der Waals surface area contributed by atoms with Gasteiger partial charge in [0.15, 0.2) is 0 Å². The summed E-state index contributed by atoms with van der Waals surface area (Å²) in [5.41, 5.74) is 0. The summed E-state index contributed by atoms with van der Waals surface area (Å²) in [6.45, 7) is 4.38. The Labute approximate surface area is 77.6 Å². The lowest BCUT2D eigenvalue weighted by Crippen LogP contribution is -2.19. The molecule has 0 aliphatic rings. The molecule has 0 amide bonds. The number of nitrogens with zero attached hydrogens (tertiary/aromatic N) is 1. The van der Waals surface area contributed by atoms with E-state index < -0.39 is 0 Å². The molecule has 0 aliphatic heterocycles. The highest BCUT2D eigenvalue weighted by Gasteiger charge is 2.02. The van der Waals surface area contributed by atoms with E-state index in [4.69, 9.17) is 19.4 Å². The zero-order chi connectivity index (χ0) is 9.94. The van der Waals surface area contributed by atoms with Crippen molar-refractivity contribution in [3.8, 4) is 0 Å². The van der Waals surface area contributed by atoms with E-state index in [1.165, 1.54) is 6.21 Å². The lowest BCUT2D eigenvalue weighted by molar-refractivity contribution is -0.0761. The maximum absolute atomic E-state index is 8.05. The molecule has 0 saturated heterocycles. The molecule has 0 radical (unpaired) electrons. The number of methoxy groups -OCH3 is 1. The first-order chi connectivity index (χ1) is 6.35. The molecule has 0 saturated carbocycles. The predicted molar refractivity (Wildman–Crippen MR) is 48.0 cm³/mol. The Morgan fingerprint density at radius 1 is 1.62 bits per heavy atom. The van der Waals surface area contributed by atoms with Crippen LogP contribution in [0.2, 0.25) is 0 Å². The average molecular weight is 189 g/mol. The van der Waals surface area contributed by atoms with Crippen molar-refractivity contribution in [3.05, 3.63) is 12.7 Å². The third-order valence-corrected chi connectivity index (χ3v) is 1.22. The predicted octanol–water partition coefficient (Wildman–Crippen LogP) is 0.638. The fraction of sp³-hybridized carbons (Fsp3) is 0.625. The fourth-order valence-electron chi connectivity index (χ4n) is 0.610. The van der Waals surface area contributed by atoms with E-state index in [-0.39, 0.29) is 19.5 Å². The smallest absolute Gasteiger partial charge is 0.147 e. The summed E-state index contributed by atoms with van der Waals surface area (Å²) in [5, 5.41) is 10.8. The Bertz CT molecular complexity index is 149. The van der Waals surface area contributed by atoms with Gasteiger partial charge in [0, 0.05) is 7.11 Å². The fourth-order valence-corrected chi connectivity index (χ4v) is 0.610. The van der Waals surface area contributed by atoms with Gasteiger partial charge in [-0.3, -0.25) is 0 Å². The topological polar surface area (TPSA) is 60.3 Å². The van der Waals surface area contributed by atoms with Gasteiger partial charge in [-0.2, -0.15) is 0 Å². The quantitative estimate of drug-likeness (QED) is 0.152. The molecule has 5 heteroatoms. The minimum Gasteiger partial charge on any atom is -0.411 e. The van der Waals surface area contributed by atoms with Crippen LogP contribution < -0.4 is 0 Å². The summed E-state index contributed by atoms with van der Waals surface area (Å²) in [7, 11) is 1.54. The molecule has 0 unspecified atom stereocenters. The lowest BCUT2D eigenvalue weighted by Gasteiger charge is -2.12. The largest absolute Gasteiger partial charge is 0.411 e. The lowest BCUT2D eigenvalue weighted by atomic mass is 10.4. The van der Waals surface area contributed by atoms with Crippen LogP contribution in [-0.4, -0.2) is 44.6 Å². The summed E-state index contributed by atoms with van der Waals surface area (Å²) < 4.78 is 14.9. The molecule has 1 N–H and O–H groups in total. The van der Waals surface area contributed by atoms with E-state index in [0.29, 0.717) is 6.61 Å². The second-order valence-corrected chi connectivity index (χ2v) is 2.18. The monoisotopic (exact) mass is 189 g/mol. The number of rotatable bonds is 8. The molecule has 5 nitrogen and oxygen atoms in total. The summed E-state index contributed by atoms with van der Waals surface area (Å²) in [5.74, 6) is 0. The van der Waals surface area contributed by atoms with Gasteiger partial charge in [0.05, 0.1) is 19.4 Å². The van der Waals surface area contributed by atoms with Crippen molar-refractivity contribution in [1.82, 2.24) is 0 Å². The van der Waals surface area contributed by atoms with E-state index in [9.17, 15) is 0 Å². The van der Waals surface area contributed by atoms with Crippen molar-refractivity contribution in [2.75, 3.05) is 27.1 Å². The standard InChI is InChI=1S/C8H15NO4/c1-3-8(13-7-11-2)6-12-5-4-9-10/h3-4,8,10H,1,5-7H2,2H3/t8-/m1/s1. The van der Waals surface area contributed by atoms with Gasteiger partial charge in [-0.15, -0.1) is 6.58 Å². The highest BCUT2D eigenvalue weighted by Crippen LogP contribution is 1.94. The molecule has 0 aromatic carbocycles. The SMILES string of the molecule is C=C[C@H](COCC=NO)OCOC. The molecule has 0 rings (SSSR count). The molecular formula is C8H15NO4. The Morgan fingerprint density at radius 2 is 2.38 bits per heavy atom. The van der Waals surface area contributed by atoms with Crippen molar-refractivity contribution in [1.29, 1.82) is 0 Å². The molecule has 0 spiro atoms. The molecule has 13 heavy (non-hydrogen) atoms. The Kier molecular flexibility index (Phi) is 8.54. The van der Waals surface area contributed by atoms with Crippen molar-refractivity contribution in [2.24, 2.45) is 5.16 Å². The molecule has 0 fully saturated rings. The van der Waals surface area contributed by atoms with E-state index >= 15 is 0 Å². The maximum atomic E-state index is 8.05. The molecular weight excluding hydrogens is 174 g/mol. The van der Waals surface area contributed by atoms with Crippen LogP contribution in [-0.2, 0) is 14.2 Å². The van der Waals surface area contributed by atoms with Crippen LogP contribution in [0.3, 0.4) is 0 Å². The van der Waals surface area contributed by atoms with Gasteiger partial charge in [-0.25, -0.2) is 0 Å². The van der Waals surface area contributed by atoms with Crippen LogP contribution >= 0.6 is 0 Å². The average Bonchev–Trinajstić information content (AvgIpc) is 2.17. The van der Waals surface area contributed by atoms with Crippen LogP contribution in [0.5, 0.6) is 0 Å². The minimum absolute atomic E-state index is 0.202. The number of ether oxygens (including phenoxy) is 3. The first-order valence-electron chi connectivity index (χ1n) is 3.81. The first kappa shape index (κ1) is 12.1. The molecule has 0 bridgehead atoms. The highest BCUT2D eigenvalue weighted by atomic mass is 16.7. The van der Waals surface area contributed by atoms with Gasteiger partial charge >= 0.3 is 0 Å². The van der Waals surface area contributed by atoms with E-state index in [0.717, 1.165) is 0 Å². The van der Waals surface area contributed by atoms with Gasteiger partial charge in [0.2, 0.25) is 0 Å². The summed E-state index contributed by atoms with van der Waals surface area (Å²) in [4.78, 5) is 0. The Hall–Kier alpha value is -0.910. The molecule has 0 aromatic rings. The van der Waals surface area contributed by atoms with Gasteiger partial charge < -0.3 is 19.4 Å². The van der Waals surface area contributed by atoms with Crippen molar-refractivity contribution < 1.29 is 19.4 Å². The summed E-state index contributed by atoms with van der Waals surface area (Å²) in [6, 6.07) is 0. The zero-order valence-electron chi connectivity index (χ0n) is 7.68. The van der Waals surface area contributed by atoms with E-state index in [1.54, 1.807) is 13.2 Å². The summed E-state index contributed by atoms with van der Waals surface area (Å²) in [6.07, 6.45) is 2.66. The second kappa shape index (κ2) is 9.18. The van der Waals surface area contributed by atoms with Crippen molar-refractivity contribution in [2.45, 2.75) is 6.10 Å². The maximum Gasteiger partial charge on any atom is 0.147 e. The van der Waals surface area contributed by atoms with Crippen LogP contribution in [0.25, 0.3) is 0 Å². The third kappa shape index (κ3) is 7.45. The molecule has 76 valence electrons. The molecule has 0 heterocycles. The van der Waals surface area contributed by atoms with Gasteiger partial charge in [0.25, 0.3) is 0 Å². The number of hydrogen-bond donors (Lipinski definition) is 1. The first-order valence-corrected chi connectivity index (χ1v) is 3.81. The molecule has 0 aromatic heterocycles. The normalized spacial score (nSPS) is 13.3. The van der Waals surface area contributed by atoms with Gasteiger partial charge in [-0.1, -0.05) is 11.2 Å². The van der Waals surface area contributed by atoms with Gasteiger partial charge in [0.1, 0.15) is 12.9 Å². The van der Waals surface area contributed by atoms with E-state index in [1.807, 2.05) is 0 Å². The summed E-state index contributed by atoms with van der Waals surface area (Å²) >= 11 is 0. The van der Waals surface area contributed by atoms with Gasteiger partial charge in [-0.05, 0) is 0 Å². The third-order valence-electron chi connectivity index (χ3n) is 1.22. The minimum atomic E-state index is -0.202. The van der Waals surface area contributed by atoms with Crippen molar-refractivity contribution in [3.63, 3.8) is 0 Å². The van der Waals surface area contributed by atoms with E-state index in [2.05, 4.69) is 11.7 Å². The van der Waals surface area contributed by atoms with Crippen LogP contribution in [0, 0.1) is 0 Å². The number of hydrogen-bond acceptors (Lipinski definition) is 5. The Morgan fingerprint density at radius 3 is 2.92 bits per heavy atom. The van der Waals surface area contributed by atoms with Crippen LogP contribution in [0.4, 0.5) is 0 Å². The second-order valence-electron chi connectivity index (χ2n) is 2.18. The highest BCUT2D eigenvalue weighted by molar-refractivity contribution is 5.57. The van der Waals surface area contributed by atoms with Crippen LogP contribution in [0.15, 0.2) is 17.8 Å². The molecule has 0 aliphatic carbocycles. The Balaban J connectivity index is 3.41. The number of oxime groups is 1.